The quantitative estimate of drug-likeness (QED) is 0.874. The highest BCUT2D eigenvalue weighted by Crippen LogP contribution is 2.16. The van der Waals surface area contributed by atoms with Gasteiger partial charge in [-0.1, -0.05) is 0 Å². The van der Waals surface area contributed by atoms with Crippen LogP contribution in [0.3, 0.4) is 0 Å². The Bertz CT molecular complexity index is 498. The van der Waals surface area contributed by atoms with Crippen LogP contribution in [0.2, 0.25) is 5.28 Å². The van der Waals surface area contributed by atoms with Crippen LogP contribution in [-0.4, -0.2) is 15.0 Å². The number of nitrogens with zero attached hydrogens (tertiary/aromatic N) is 3. The molecular weight excluding hydrogens is 231 g/mol. The molecule has 82 valence electrons. The molecule has 16 heavy (non-hydrogen) atoms. The number of benzene rings is 1. The molecule has 0 aliphatic heterocycles. The molecule has 0 spiro atoms. The Morgan fingerprint density at radius 3 is 2.75 bits per heavy atom. The van der Waals surface area contributed by atoms with E-state index < -0.39 is 0 Å². The summed E-state index contributed by atoms with van der Waals surface area (Å²) in [6.07, 6.45) is 1.28. The van der Waals surface area contributed by atoms with Crippen molar-refractivity contribution in [3.8, 4) is 0 Å². The number of aryl methyl sites for hydroxylation is 1. The number of aromatic nitrogens is 3. The molecule has 1 aromatic carbocycles. The van der Waals surface area contributed by atoms with Crippen molar-refractivity contribution in [2.24, 2.45) is 0 Å². The standard InChI is InChI=1S/C10H8ClFN4/c1-6-2-7(12)4-8(3-6)15-10-14-5-13-9(11)16-10/h2-5H,1H3,(H,13,14,15,16). The lowest BCUT2D eigenvalue weighted by molar-refractivity contribution is 0.627. The van der Waals surface area contributed by atoms with Crippen molar-refractivity contribution >= 4 is 23.2 Å². The molecule has 0 atom stereocenters. The van der Waals surface area contributed by atoms with Crippen LogP contribution in [-0.2, 0) is 0 Å². The minimum Gasteiger partial charge on any atom is -0.324 e. The summed E-state index contributed by atoms with van der Waals surface area (Å²) < 4.78 is 13.1. The molecule has 0 fully saturated rings. The first-order valence-corrected chi connectivity index (χ1v) is 4.90. The van der Waals surface area contributed by atoms with Crippen LogP contribution in [0.5, 0.6) is 0 Å². The number of nitrogens with one attached hydrogen (secondary N) is 1. The zero-order chi connectivity index (χ0) is 11.5. The summed E-state index contributed by atoms with van der Waals surface area (Å²) in [6, 6.07) is 4.57. The molecule has 1 aromatic heterocycles. The third-order valence-corrected chi connectivity index (χ3v) is 2.02. The SMILES string of the molecule is Cc1cc(F)cc(Nc2ncnc(Cl)n2)c1. The van der Waals surface area contributed by atoms with E-state index >= 15 is 0 Å². The fourth-order valence-corrected chi connectivity index (χ4v) is 1.40. The zero-order valence-corrected chi connectivity index (χ0v) is 9.16. The second kappa shape index (κ2) is 4.40. The van der Waals surface area contributed by atoms with Gasteiger partial charge >= 0.3 is 0 Å². The van der Waals surface area contributed by atoms with Gasteiger partial charge in [0.1, 0.15) is 12.1 Å². The van der Waals surface area contributed by atoms with Crippen molar-refractivity contribution in [3.05, 3.63) is 41.2 Å². The van der Waals surface area contributed by atoms with Gasteiger partial charge in [0.25, 0.3) is 0 Å². The maximum atomic E-state index is 13.1. The molecular formula is C10H8ClFN4. The number of hydrogen-bond acceptors (Lipinski definition) is 4. The van der Waals surface area contributed by atoms with Gasteiger partial charge in [-0.05, 0) is 42.3 Å². The van der Waals surface area contributed by atoms with E-state index in [2.05, 4.69) is 20.3 Å². The Morgan fingerprint density at radius 2 is 2.06 bits per heavy atom. The first kappa shape index (κ1) is 10.8. The average Bonchev–Trinajstić information content (AvgIpc) is 2.15. The van der Waals surface area contributed by atoms with Crippen molar-refractivity contribution in [1.82, 2.24) is 15.0 Å². The fraction of sp³-hybridized carbons (Fsp3) is 0.100. The number of rotatable bonds is 2. The summed E-state index contributed by atoms with van der Waals surface area (Å²) in [4.78, 5) is 11.3. The van der Waals surface area contributed by atoms with Crippen molar-refractivity contribution < 1.29 is 4.39 Å². The molecule has 0 aliphatic carbocycles. The first-order valence-electron chi connectivity index (χ1n) is 4.52. The second-order valence-corrected chi connectivity index (χ2v) is 3.56. The van der Waals surface area contributed by atoms with E-state index in [0.29, 0.717) is 5.69 Å². The van der Waals surface area contributed by atoms with Crippen molar-refractivity contribution in [1.29, 1.82) is 0 Å². The van der Waals surface area contributed by atoms with Gasteiger partial charge in [0.15, 0.2) is 0 Å². The molecule has 0 saturated carbocycles. The van der Waals surface area contributed by atoms with Crippen LogP contribution >= 0.6 is 11.6 Å². The monoisotopic (exact) mass is 238 g/mol. The maximum Gasteiger partial charge on any atom is 0.231 e. The molecule has 0 radical (unpaired) electrons. The van der Waals surface area contributed by atoms with Gasteiger partial charge in [-0.2, -0.15) is 4.98 Å². The Balaban J connectivity index is 2.27. The summed E-state index contributed by atoms with van der Waals surface area (Å²) in [5, 5.41) is 2.93. The van der Waals surface area contributed by atoms with Gasteiger partial charge in [-0.25, -0.2) is 14.4 Å². The van der Waals surface area contributed by atoms with E-state index in [1.165, 1.54) is 18.5 Å². The molecule has 4 nitrogen and oxygen atoms in total. The van der Waals surface area contributed by atoms with Gasteiger partial charge < -0.3 is 5.32 Å². The van der Waals surface area contributed by atoms with Gasteiger partial charge in [-0.15, -0.1) is 0 Å². The van der Waals surface area contributed by atoms with E-state index in [-0.39, 0.29) is 17.0 Å². The summed E-state index contributed by atoms with van der Waals surface area (Å²) in [6.45, 7) is 1.80. The summed E-state index contributed by atoms with van der Waals surface area (Å²) in [5.74, 6) is -0.0346. The average molecular weight is 239 g/mol. The molecule has 0 unspecified atom stereocenters. The third-order valence-electron chi connectivity index (χ3n) is 1.84. The molecule has 2 rings (SSSR count). The van der Waals surface area contributed by atoms with Crippen LogP contribution in [0.25, 0.3) is 0 Å². The van der Waals surface area contributed by atoms with Gasteiger partial charge in [0.05, 0.1) is 0 Å². The molecule has 0 amide bonds. The van der Waals surface area contributed by atoms with E-state index in [0.717, 1.165) is 5.56 Å². The molecule has 2 aromatic rings. The normalized spacial score (nSPS) is 10.2. The highest BCUT2D eigenvalue weighted by atomic mass is 35.5. The van der Waals surface area contributed by atoms with Crippen LogP contribution in [0.4, 0.5) is 16.0 Å². The van der Waals surface area contributed by atoms with E-state index in [1.54, 1.807) is 13.0 Å². The Hall–Kier alpha value is -1.75. The minimum atomic E-state index is -0.317. The van der Waals surface area contributed by atoms with Crippen molar-refractivity contribution in [2.45, 2.75) is 6.92 Å². The fourth-order valence-electron chi connectivity index (χ4n) is 1.27. The van der Waals surface area contributed by atoms with Crippen molar-refractivity contribution in [2.75, 3.05) is 5.32 Å². The van der Waals surface area contributed by atoms with Crippen molar-refractivity contribution in [3.63, 3.8) is 0 Å². The third kappa shape index (κ3) is 2.64. The summed E-state index contributed by atoms with van der Waals surface area (Å²) in [5.41, 5.74) is 1.38. The van der Waals surface area contributed by atoms with Gasteiger partial charge in [-0.3, -0.25) is 0 Å². The lowest BCUT2D eigenvalue weighted by atomic mass is 10.2. The largest absolute Gasteiger partial charge is 0.324 e. The molecule has 0 saturated heterocycles. The smallest absolute Gasteiger partial charge is 0.231 e. The summed E-state index contributed by atoms with van der Waals surface area (Å²) >= 11 is 5.60. The Labute approximate surface area is 96.5 Å². The topological polar surface area (TPSA) is 50.7 Å². The lowest BCUT2D eigenvalue weighted by Gasteiger charge is -2.05. The number of halogens is 2. The first-order chi connectivity index (χ1) is 7.63. The van der Waals surface area contributed by atoms with E-state index in [9.17, 15) is 4.39 Å². The summed E-state index contributed by atoms with van der Waals surface area (Å²) in [7, 11) is 0. The Kier molecular flexibility index (Phi) is 2.96. The van der Waals surface area contributed by atoms with Crippen LogP contribution in [0.1, 0.15) is 5.56 Å². The predicted molar refractivity (Wildman–Crippen MR) is 59.3 cm³/mol. The minimum absolute atomic E-state index is 0.0885. The number of anilines is 2. The van der Waals surface area contributed by atoms with E-state index in [4.69, 9.17) is 11.6 Å². The number of hydrogen-bond donors (Lipinski definition) is 1. The molecule has 0 bridgehead atoms. The predicted octanol–water partition coefficient (Wildman–Crippen LogP) is 2.72. The van der Waals surface area contributed by atoms with Crippen LogP contribution in [0.15, 0.2) is 24.5 Å². The second-order valence-electron chi connectivity index (χ2n) is 3.22. The van der Waals surface area contributed by atoms with Gasteiger partial charge in [0.2, 0.25) is 11.2 Å². The lowest BCUT2D eigenvalue weighted by Crippen LogP contribution is -1.98. The zero-order valence-electron chi connectivity index (χ0n) is 8.41. The Morgan fingerprint density at radius 1 is 1.25 bits per heavy atom. The molecule has 0 aliphatic rings. The maximum absolute atomic E-state index is 13.1. The molecule has 1 N–H and O–H groups in total. The molecule has 6 heteroatoms. The van der Waals surface area contributed by atoms with Crippen LogP contribution in [0, 0.1) is 12.7 Å². The van der Waals surface area contributed by atoms with Gasteiger partial charge in [0, 0.05) is 5.69 Å². The van der Waals surface area contributed by atoms with Crippen LogP contribution < -0.4 is 5.32 Å². The van der Waals surface area contributed by atoms with E-state index in [1.807, 2.05) is 0 Å². The highest BCUT2D eigenvalue weighted by Gasteiger charge is 2.01. The molecule has 1 heterocycles. The highest BCUT2D eigenvalue weighted by molar-refractivity contribution is 6.28.